The Morgan fingerprint density at radius 1 is 1.14 bits per heavy atom. The third-order valence-electron chi connectivity index (χ3n) is 5.30. The van der Waals surface area contributed by atoms with Crippen LogP contribution in [-0.2, 0) is 17.8 Å². The van der Waals surface area contributed by atoms with Gasteiger partial charge in [-0.05, 0) is 29.7 Å². The summed E-state index contributed by atoms with van der Waals surface area (Å²) in [5.41, 5.74) is 10.2. The highest BCUT2D eigenvalue weighted by Gasteiger charge is 2.21. The van der Waals surface area contributed by atoms with Crippen molar-refractivity contribution in [2.75, 3.05) is 18.5 Å². The lowest BCUT2D eigenvalue weighted by molar-refractivity contribution is -0.118. The molecule has 2 aromatic carbocycles. The largest absolute Gasteiger partial charge is 0.290 e. The molecular formula is C21H19N5O2. The lowest BCUT2D eigenvalue weighted by Gasteiger charge is -2.28. The summed E-state index contributed by atoms with van der Waals surface area (Å²) in [6.45, 7) is 1.95. The molecule has 140 valence electrons. The molecule has 5 rings (SSSR count). The number of benzene rings is 2. The molecule has 0 atom stereocenters. The third-order valence-corrected chi connectivity index (χ3v) is 5.30. The van der Waals surface area contributed by atoms with Crippen LogP contribution in [0.25, 0.3) is 10.9 Å². The van der Waals surface area contributed by atoms with Crippen LogP contribution in [0.1, 0.15) is 27.0 Å². The van der Waals surface area contributed by atoms with Gasteiger partial charge >= 0.3 is 0 Å². The van der Waals surface area contributed by atoms with Crippen LogP contribution in [0.15, 0.2) is 53.8 Å². The van der Waals surface area contributed by atoms with Gasteiger partial charge in [0, 0.05) is 30.2 Å². The minimum atomic E-state index is -0.253. The molecule has 0 bridgehead atoms. The number of carbonyl (C=O) groups is 2. The SMILES string of the molecule is O=C(CN1CCc2ccccc2C1)Nn1cc2c3c(cccc31)C(=O)NN=C2. The second-order valence-electron chi connectivity index (χ2n) is 7.12. The van der Waals surface area contributed by atoms with Gasteiger partial charge in [0.1, 0.15) is 0 Å². The highest BCUT2D eigenvalue weighted by molar-refractivity contribution is 6.14. The fourth-order valence-corrected chi connectivity index (χ4v) is 3.98. The molecule has 3 aromatic rings. The molecule has 7 nitrogen and oxygen atoms in total. The minimum absolute atomic E-state index is 0.0910. The first-order chi connectivity index (χ1) is 13.7. The number of nitrogens with one attached hydrogen (secondary N) is 2. The Morgan fingerprint density at radius 3 is 2.89 bits per heavy atom. The Balaban J connectivity index is 1.37. The first-order valence-electron chi connectivity index (χ1n) is 9.25. The third kappa shape index (κ3) is 2.86. The number of rotatable bonds is 3. The fraction of sp³-hybridized carbons (Fsp3) is 0.190. The summed E-state index contributed by atoms with van der Waals surface area (Å²) >= 11 is 0. The van der Waals surface area contributed by atoms with E-state index in [1.807, 2.05) is 12.1 Å². The molecule has 2 aliphatic heterocycles. The number of aromatic nitrogens is 1. The number of hydrazone groups is 1. The summed E-state index contributed by atoms with van der Waals surface area (Å²) in [7, 11) is 0. The highest BCUT2D eigenvalue weighted by Crippen LogP contribution is 2.25. The maximum atomic E-state index is 12.7. The van der Waals surface area contributed by atoms with Gasteiger partial charge in [-0.15, -0.1) is 0 Å². The molecule has 1 aromatic heterocycles. The minimum Gasteiger partial charge on any atom is -0.290 e. The van der Waals surface area contributed by atoms with E-state index >= 15 is 0 Å². The normalized spacial score (nSPS) is 15.8. The van der Waals surface area contributed by atoms with Crippen molar-refractivity contribution in [3.63, 3.8) is 0 Å². The number of fused-ring (bicyclic) bond motifs is 1. The molecule has 28 heavy (non-hydrogen) atoms. The van der Waals surface area contributed by atoms with Gasteiger partial charge in [-0.25, -0.2) is 5.43 Å². The smallest absolute Gasteiger partial charge is 0.272 e. The highest BCUT2D eigenvalue weighted by atomic mass is 16.2. The van der Waals surface area contributed by atoms with E-state index in [4.69, 9.17) is 0 Å². The molecule has 0 fully saturated rings. The lowest BCUT2D eigenvalue weighted by Crippen LogP contribution is -2.39. The molecule has 2 aliphatic rings. The lowest BCUT2D eigenvalue weighted by atomic mass is 10.00. The molecule has 2 amide bonds. The molecule has 3 heterocycles. The maximum Gasteiger partial charge on any atom is 0.272 e. The van der Waals surface area contributed by atoms with Crippen molar-refractivity contribution >= 4 is 28.9 Å². The first kappa shape index (κ1) is 16.7. The van der Waals surface area contributed by atoms with Crippen LogP contribution in [0.2, 0.25) is 0 Å². The summed E-state index contributed by atoms with van der Waals surface area (Å²) in [6, 6.07) is 13.8. The van der Waals surface area contributed by atoms with Crippen LogP contribution >= 0.6 is 0 Å². The molecule has 0 saturated heterocycles. The number of hydrogen-bond acceptors (Lipinski definition) is 4. The average Bonchev–Trinajstić information content (AvgIpc) is 2.96. The molecule has 0 unspecified atom stereocenters. The molecule has 0 spiro atoms. The van der Waals surface area contributed by atoms with Crippen molar-refractivity contribution in [1.82, 2.24) is 15.0 Å². The van der Waals surface area contributed by atoms with Gasteiger partial charge in [0.15, 0.2) is 0 Å². The Morgan fingerprint density at radius 2 is 2.00 bits per heavy atom. The van der Waals surface area contributed by atoms with Crippen LogP contribution in [0, 0.1) is 0 Å². The fourth-order valence-electron chi connectivity index (χ4n) is 3.98. The molecule has 2 N–H and O–H groups in total. The Hall–Kier alpha value is -3.45. The zero-order valence-corrected chi connectivity index (χ0v) is 15.2. The van der Waals surface area contributed by atoms with Crippen LogP contribution in [-0.4, -0.2) is 40.7 Å². The molecule has 0 radical (unpaired) electrons. The van der Waals surface area contributed by atoms with E-state index in [2.05, 4.69) is 39.1 Å². The molecule has 0 saturated carbocycles. The van der Waals surface area contributed by atoms with Gasteiger partial charge in [0.2, 0.25) is 0 Å². The standard InChI is InChI=1S/C21H19N5O2/c27-19(13-25-9-8-14-4-1-2-5-15(14)11-25)24-26-12-16-10-22-23-21(28)17-6-3-7-18(26)20(16)17/h1-7,10,12H,8-9,11,13H2,(H,23,28)(H,24,27). The van der Waals surface area contributed by atoms with Crippen molar-refractivity contribution in [2.45, 2.75) is 13.0 Å². The average molecular weight is 373 g/mol. The monoisotopic (exact) mass is 373 g/mol. The quantitative estimate of drug-likeness (QED) is 0.735. The van der Waals surface area contributed by atoms with Gasteiger partial charge in [-0.1, -0.05) is 30.3 Å². The molecular weight excluding hydrogens is 354 g/mol. The van der Waals surface area contributed by atoms with E-state index in [9.17, 15) is 9.59 Å². The van der Waals surface area contributed by atoms with Crippen LogP contribution in [0.4, 0.5) is 0 Å². The topological polar surface area (TPSA) is 78.7 Å². The van der Waals surface area contributed by atoms with Gasteiger partial charge in [-0.3, -0.25) is 24.6 Å². The van der Waals surface area contributed by atoms with Crippen LogP contribution in [0.3, 0.4) is 0 Å². The van der Waals surface area contributed by atoms with Gasteiger partial charge in [0.25, 0.3) is 11.8 Å². The molecule has 7 heteroatoms. The number of carbonyl (C=O) groups excluding carboxylic acids is 2. The summed E-state index contributed by atoms with van der Waals surface area (Å²) in [5.74, 6) is -0.344. The summed E-state index contributed by atoms with van der Waals surface area (Å²) in [5, 5.41) is 4.73. The first-order valence-corrected chi connectivity index (χ1v) is 9.25. The Bertz CT molecular complexity index is 1130. The van der Waals surface area contributed by atoms with E-state index in [0.717, 1.165) is 36.0 Å². The van der Waals surface area contributed by atoms with E-state index in [1.165, 1.54) is 11.1 Å². The predicted molar refractivity (Wildman–Crippen MR) is 107 cm³/mol. The summed E-state index contributed by atoms with van der Waals surface area (Å²) in [4.78, 5) is 27.0. The van der Waals surface area contributed by atoms with Crippen molar-refractivity contribution < 1.29 is 9.59 Å². The van der Waals surface area contributed by atoms with E-state index in [-0.39, 0.29) is 11.8 Å². The van der Waals surface area contributed by atoms with E-state index in [0.29, 0.717) is 12.1 Å². The van der Waals surface area contributed by atoms with Crippen molar-refractivity contribution in [3.05, 3.63) is 70.9 Å². The van der Waals surface area contributed by atoms with Crippen LogP contribution < -0.4 is 10.9 Å². The zero-order chi connectivity index (χ0) is 19.1. The van der Waals surface area contributed by atoms with Crippen molar-refractivity contribution in [2.24, 2.45) is 5.10 Å². The maximum absolute atomic E-state index is 12.7. The zero-order valence-electron chi connectivity index (χ0n) is 15.2. The summed E-state index contributed by atoms with van der Waals surface area (Å²) in [6.07, 6.45) is 4.34. The second-order valence-corrected chi connectivity index (χ2v) is 7.12. The number of nitrogens with zero attached hydrogens (tertiary/aromatic N) is 3. The molecule has 0 aliphatic carbocycles. The summed E-state index contributed by atoms with van der Waals surface area (Å²) < 4.78 is 1.68. The van der Waals surface area contributed by atoms with Crippen molar-refractivity contribution in [3.8, 4) is 0 Å². The van der Waals surface area contributed by atoms with Gasteiger partial charge in [-0.2, -0.15) is 5.10 Å². The second kappa shape index (κ2) is 6.61. The van der Waals surface area contributed by atoms with Gasteiger partial charge in [0.05, 0.1) is 23.8 Å². The van der Waals surface area contributed by atoms with Gasteiger partial charge < -0.3 is 0 Å². The van der Waals surface area contributed by atoms with Crippen molar-refractivity contribution in [1.29, 1.82) is 0 Å². The van der Waals surface area contributed by atoms with E-state index in [1.54, 1.807) is 29.2 Å². The predicted octanol–water partition coefficient (Wildman–Crippen LogP) is 1.85. The number of hydrogen-bond donors (Lipinski definition) is 2. The Labute approximate surface area is 161 Å². The van der Waals surface area contributed by atoms with Crippen LogP contribution in [0.5, 0.6) is 0 Å². The Kier molecular flexibility index (Phi) is 3.95. The van der Waals surface area contributed by atoms with E-state index < -0.39 is 0 Å². The number of amides is 2.